The van der Waals surface area contributed by atoms with Gasteiger partial charge in [0.25, 0.3) is 0 Å². The Morgan fingerprint density at radius 1 is 1.24 bits per heavy atom. The van der Waals surface area contributed by atoms with Gasteiger partial charge in [0.05, 0.1) is 0 Å². The highest BCUT2D eigenvalue weighted by atomic mass is 19.1. The highest BCUT2D eigenvalue weighted by Gasteiger charge is 2.16. The minimum atomic E-state index is -0.168. The SMILES string of the molecule is CNC(C)(C)CN(C)CCc1ccc(F)cc1. The van der Waals surface area contributed by atoms with E-state index in [-0.39, 0.29) is 11.4 Å². The number of hydrogen-bond acceptors (Lipinski definition) is 2. The minimum Gasteiger partial charge on any atom is -0.314 e. The van der Waals surface area contributed by atoms with Crippen LogP contribution in [0.4, 0.5) is 4.39 Å². The van der Waals surface area contributed by atoms with E-state index in [2.05, 4.69) is 31.1 Å². The third kappa shape index (κ3) is 5.29. The van der Waals surface area contributed by atoms with Crippen LogP contribution < -0.4 is 5.32 Å². The molecule has 17 heavy (non-hydrogen) atoms. The summed E-state index contributed by atoms with van der Waals surface area (Å²) in [5, 5.41) is 3.29. The van der Waals surface area contributed by atoms with Gasteiger partial charge in [-0.1, -0.05) is 12.1 Å². The van der Waals surface area contributed by atoms with Crippen LogP contribution in [0.3, 0.4) is 0 Å². The number of nitrogens with one attached hydrogen (secondary N) is 1. The number of benzene rings is 1. The van der Waals surface area contributed by atoms with Crippen molar-refractivity contribution in [1.29, 1.82) is 0 Å². The van der Waals surface area contributed by atoms with Crippen molar-refractivity contribution in [1.82, 2.24) is 10.2 Å². The van der Waals surface area contributed by atoms with Gasteiger partial charge in [-0.15, -0.1) is 0 Å². The molecule has 0 bridgehead atoms. The predicted octanol–water partition coefficient (Wildman–Crippen LogP) is 2.30. The molecule has 0 fully saturated rings. The fourth-order valence-corrected chi connectivity index (χ4v) is 1.80. The molecule has 0 saturated heterocycles. The average molecular weight is 238 g/mol. The fraction of sp³-hybridized carbons (Fsp3) is 0.571. The number of halogens is 1. The molecule has 0 unspecified atom stereocenters. The van der Waals surface area contributed by atoms with Gasteiger partial charge >= 0.3 is 0 Å². The molecule has 1 aromatic rings. The van der Waals surface area contributed by atoms with Crippen molar-refractivity contribution < 1.29 is 4.39 Å². The lowest BCUT2D eigenvalue weighted by Gasteiger charge is -2.30. The Hall–Kier alpha value is -0.930. The molecule has 2 nitrogen and oxygen atoms in total. The Morgan fingerprint density at radius 3 is 2.35 bits per heavy atom. The van der Waals surface area contributed by atoms with E-state index in [0.29, 0.717) is 0 Å². The molecule has 1 N–H and O–H groups in total. The molecule has 3 heteroatoms. The van der Waals surface area contributed by atoms with E-state index >= 15 is 0 Å². The van der Waals surface area contributed by atoms with E-state index in [9.17, 15) is 4.39 Å². The summed E-state index contributed by atoms with van der Waals surface area (Å²) in [5.74, 6) is -0.168. The molecule has 0 heterocycles. The predicted molar refractivity (Wildman–Crippen MR) is 70.7 cm³/mol. The van der Waals surface area contributed by atoms with Crippen LogP contribution in [0, 0.1) is 5.82 Å². The van der Waals surface area contributed by atoms with Crippen LogP contribution in [-0.4, -0.2) is 37.6 Å². The molecule has 0 aromatic heterocycles. The number of rotatable bonds is 6. The number of hydrogen-bond donors (Lipinski definition) is 1. The minimum absolute atomic E-state index is 0.123. The van der Waals surface area contributed by atoms with Crippen molar-refractivity contribution in [3.63, 3.8) is 0 Å². The van der Waals surface area contributed by atoms with Gasteiger partial charge in [0.15, 0.2) is 0 Å². The zero-order valence-corrected chi connectivity index (χ0v) is 11.3. The number of nitrogens with zero attached hydrogens (tertiary/aromatic N) is 1. The zero-order valence-electron chi connectivity index (χ0n) is 11.3. The summed E-state index contributed by atoms with van der Waals surface area (Å²) in [6.07, 6.45) is 0.955. The van der Waals surface area contributed by atoms with Crippen LogP contribution in [0.25, 0.3) is 0 Å². The summed E-state index contributed by atoms with van der Waals surface area (Å²) in [5.41, 5.74) is 1.30. The van der Waals surface area contributed by atoms with Gasteiger partial charge in [-0.3, -0.25) is 0 Å². The van der Waals surface area contributed by atoms with Crippen molar-refractivity contribution in [2.75, 3.05) is 27.2 Å². The largest absolute Gasteiger partial charge is 0.314 e. The molecular weight excluding hydrogens is 215 g/mol. The lowest BCUT2D eigenvalue weighted by Crippen LogP contribution is -2.46. The summed E-state index contributed by atoms with van der Waals surface area (Å²) in [6.45, 7) is 6.34. The molecule has 0 aliphatic rings. The second-order valence-electron chi connectivity index (χ2n) is 5.25. The first-order chi connectivity index (χ1) is 7.93. The molecule has 0 radical (unpaired) electrons. The molecule has 96 valence electrons. The molecule has 0 amide bonds. The van der Waals surface area contributed by atoms with Crippen molar-refractivity contribution in [2.24, 2.45) is 0 Å². The van der Waals surface area contributed by atoms with Crippen LogP contribution in [0.5, 0.6) is 0 Å². The topological polar surface area (TPSA) is 15.3 Å². The first kappa shape index (κ1) is 14.1. The molecule has 0 aliphatic carbocycles. The first-order valence-corrected chi connectivity index (χ1v) is 6.05. The Morgan fingerprint density at radius 2 is 1.82 bits per heavy atom. The third-order valence-electron chi connectivity index (χ3n) is 3.04. The smallest absolute Gasteiger partial charge is 0.123 e. The van der Waals surface area contributed by atoms with Gasteiger partial charge in [0, 0.05) is 18.6 Å². The maximum atomic E-state index is 12.7. The quantitative estimate of drug-likeness (QED) is 0.818. The van der Waals surface area contributed by atoms with Crippen molar-refractivity contribution >= 4 is 0 Å². The Labute approximate surface area is 104 Å². The van der Waals surface area contributed by atoms with E-state index < -0.39 is 0 Å². The van der Waals surface area contributed by atoms with E-state index in [1.54, 1.807) is 0 Å². The molecule has 1 aromatic carbocycles. The van der Waals surface area contributed by atoms with Gasteiger partial charge in [0.1, 0.15) is 5.82 Å². The zero-order chi connectivity index (χ0) is 12.9. The second kappa shape index (κ2) is 6.12. The summed E-state index contributed by atoms with van der Waals surface area (Å²) in [4.78, 5) is 2.29. The van der Waals surface area contributed by atoms with E-state index in [1.807, 2.05) is 19.2 Å². The lowest BCUT2D eigenvalue weighted by molar-refractivity contribution is 0.246. The standard InChI is InChI=1S/C14H23FN2/c1-14(2,16-3)11-17(4)10-9-12-5-7-13(15)8-6-12/h5-8,16H,9-11H2,1-4H3. The van der Waals surface area contributed by atoms with Crippen LogP contribution in [-0.2, 0) is 6.42 Å². The van der Waals surface area contributed by atoms with Crippen LogP contribution in [0.15, 0.2) is 24.3 Å². The van der Waals surface area contributed by atoms with E-state index in [1.165, 1.54) is 17.7 Å². The highest BCUT2D eigenvalue weighted by Crippen LogP contribution is 2.06. The lowest BCUT2D eigenvalue weighted by atomic mass is 10.1. The van der Waals surface area contributed by atoms with E-state index in [0.717, 1.165) is 19.5 Å². The number of likely N-dealkylation sites (N-methyl/N-ethyl adjacent to an activating group) is 2. The van der Waals surface area contributed by atoms with Gasteiger partial charge in [0.2, 0.25) is 0 Å². The average Bonchev–Trinajstić information content (AvgIpc) is 2.28. The maximum Gasteiger partial charge on any atom is 0.123 e. The highest BCUT2D eigenvalue weighted by molar-refractivity contribution is 5.16. The van der Waals surface area contributed by atoms with Gasteiger partial charge < -0.3 is 10.2 Å². The molecule has 0 saturated carbocycles. The Bertz CT molecular complexity index is 333. The van der Waals surface area contributed by atoms with Gasteiger partial charge in [-0.05, 0) is 52.1 Å². The summed E-state index contributed by atoms with van der Waals surface area (Å²) < 4.78 is 12.7. The van der Waals surface area contributed by atoms with E-state index in [4.69, 9.17) is 0 Å². The summed E-state index contributed by atoms with van der Waals surface area (Å²) in [6, 6.07) is 6.75. The van der Waals surface area contributed by atoms with Crippen LogP contribution in [0.2, 0.25) is 0 Å². The normalized spacial score (nSPS) is 12.1. The maximum absolute atomic E-state index is 12.7. The molecule has 0 spiro atoms. The van der Waals surface area contributed by atoms with Gasteiger partial charge in [-0.25, -0.2) is 4.39 Å². The molecule has 0 aliphatic heterocycles. The molecule has 1 rings (SSSR count). The monoisotopic (exact) mass is 238 g/mol. The summed E-state index contributed by atoms with van der Waals surface area (Å²) in [7, 11) is 4.09. The van der Waals surface area contributed by atoms with Crippen molar-refractivity contribution in [3.05, 3.63) is 35.6 Å². The second-order valence-corrected chi connectivity index (χ2v) is 5.25. The van der Waals surface area contributed by atoms with Crippen molar-refractivity contribution in [2.45, 2.75) is 25.8 Å². The third-order valence-corrected chi connectivity index (χ3v) is 3.04. The van der Waals surface area contributed by atoms with Crippen LogP contribution in [0.1, 0.15) is 19.4 Å². The first-order valence-electron chi connectivity index (χ1n) is 6.05. The summed E-state index contributed by atoms with van der Waals surface area (Å²) >= 11 is 0. The Kier molecular flexibility index (Phi) is 5.09. The Balaban J connectivity index is 2.38. The van der Waals surface area contributed by atoms with Gasteiger partial charge in [-0.2, -0.15) is 0 Å². The molecular formula is C14H23FN2. The molecule has 0 atom stereocenters. The van der Waals surface area contributed by atoms with Crippen molar-refractivity contribution in [3.8, 4) is 0 Å². The fourth-order valence-electron chi connectivity index (χ4n) is 1.80. The van der Waals surface area contributed by atoms with Crippen LogP contribution >= 0.6 is 0 Å².